The summed E-state index contributed by atoms with van der Waals surface area (Å²) in [6.45, 7) is 0.480. The number of nitrogens with two attached hydrogens (primary N) is 1. The Morgan fingerprint density at radius 3 is 2.39 bits per heavy atom. The third-order valence-electron chi connectivity index (χ3n) is 4.02. The molecule has 5 nitrogen and oxygen atoms in total. The van der Waals surface area contributed by atoms with Crippen molar-refractivity contribution in [1.82, 2.24) is 5.32 Å². The molecule has 0 saturated carbocycles. The summed E-state index contributed by atoms with van der Waals surface area (Å²) in [6, 6.07) is 14.9. The molecular formula is C18H19N3O2. The van der Waals surface area contributed by atoms with Gasteiger partial charge in [0.05, 0.1) is 6.04 Å². The minimum atomic E-state index is -0.160. The number of anilines is 1. The molecule has 1 aliphatic heterocycles. The highest BCUT2D eigenvalue weighted by Gasteiger charge is 2.22. The molecule has 5 heteroatoms. The largest absolute Gasteiger partial charge is 0.349 e. The molecule has 1 aliphatic rings. The van der Waals surface area contributed by atoms with Gasteiger partial charge in [-0.25, -0.2) is 0 Å². The lowest BCUT2D eigenvalue weighted by molar-refractivity contribution is -0.119. The summed E-state index contributed by atoms with van der Waals surface area (Å²) in [5.74, 6) is -0.0785. The first-order chi connectivity index (χ1) is 11.2. The number of nitrogens with one attached hydrogen (secondary N) is 2. The van der Waals surface area contributed by atoms with E-state index in [-0.39, 0.29) is 17.9 Å². The van der Waals surface area contributed by atoms with E-state index in [1.165, 1.54) is 0 Å². The summed E-state index contributed by atoms with van der Waals surface area (Å²) in [5, 5.41) is 5.78. The zero-order chi connectivity index (χ0) is 16.2. The van der Waals surface area contributed by atoms with E-state index in [1.807, 2.05) is 36.4 Å². The fourth-order valence-electron chi connectivity index (χ4n) is 2.66. The van der Waals surface area contributed by atoms with Crippen molar-refractivity contribution in [3.05, 3.63) is 65.2 Å². The van der Waals surface area contributed by atoms with Crippen molar-refractivity contribution in [1.29, 1.82) is 0 Å². The molecule has 1 atom stereocenters. The predicted octanol–water partition coefficient (Wildman–Crippen LogP) is 2.35. The number of rotatable bonds is 4. The van der Waals surface area contributed by atoms with E-state index in [1.54, 1.807) is 12.1 Å². The third kappa shape index (κ3) is 3.57. The molecule has 4 N–H and O–H groups in total. The van der Waals surface area contributed by atoms with Crippen LogP contribution in [0.25, 0.3) is 0 Å². The first kappa shape index (κ1) is 15.2. The van der Waals surface area contributed by atoms with Gasteiger partial charge in [0.15, 0.2) is 0 Å². The van der Waals surface area contributed by atoms with Crippen LogP contribution in [0, 0.1) is 0 Å². The predicted molar refractivity (Wildman–Crippen MR) is 88.8 cm³/mol. The molecule has 2 aromatic carbocycles. The molecule has 0 radical (unpaired) electrons. The lowest BCUT2D eigenvalue weighted by Gasteiger charge is -2.11. The van der Waals surface area contributed by atoms with Gasteiger partial charge in [-0.05, 0) is 41.8 Å². The monoisotopic (exact) mass is 309 g/mol. The van der Waals surface area contributed by atoms with Crippen molar-refractivity contribution in [3.63, 3.8) is 0 Å². The van der Waals surface area contributed by atoms with E-state index in [4.69, 9.17) is 5.73 Å². The van der Waals surface area contributed by atoms with Crippen LogP contribution in [0.3, 0.4) is 0 Å². The number of benzene rings is 2. The Kier molecular flexibility index (Phi) is 4.39. The van der Waals surface area contributed by atoms with Crippen molar-refractivity contribution in [2.45, 2.75) is 25.4 Å². The molecule has 0 aliphatic carbocycles. The second kappa shape index (κ2) is 6.62. The first-order valence-electron chi connectivity index (χ1n) is 7.65. The van der Waals surface area contributed by atoms with Crippen molar-refractivity contribution in [3.8, 4) is 0 Å². The van der Waals surface area contributed by atoms with Gasteiger partial charge in [0, 0.05) is 24.2 Å². The molecule has 1 fully saturated rings. The maximum absolute atomic E-state index is 12.2. The Labute approximate surface area is 134 Å². The Hall–Kier alpha value is -2.66. The minimum absolute atomic E-state index is 0.0587. The molecular weight excluding hydrogens is 290 g/mol. The van der Waals surface area contributed by atoms with Gasteiger partial charge in [0.25, 0.3) is 5.91 Å². The van der Waals surface area contributed by atoms with Crippen LogP contribution in [0.1, 0.15) is 40.4 Å². The smallest absolute Gasteiger partial charge is 0.255 e. The van der Waals surface area contributed by atoms with Crippen LogP contribution in [-0.2, 0) is 11.3 Å². The molecule has 2 amide bonds. The van der Waals surface area contributed by atoms with Crippen LogP contribution in [0.4, 0.5) is 5.69 Å². The Bertz CT molecular complexity index is 708. The quantitative estimate of drug-likeness (QED) is 0.810. The average Bonchev–Trinajstić information content (AvgIpc) is 3.02. The molecule has 1 saturated heterocycles. The van der Waals surface area contributed by atoms with Crippen LogP contribution in [0.15, 0.2) is 48.5 Å². The van der Waals surface area contributed by atoms with Crippen molar-refractivity contribution in [2.24, 2.45) is 5.73 Å². The van der Waals surface area contributed by atoms with Crippen molar-refractivity contribution >= 4 is 17.5 Å². The number of carbonyl (C=O) groups excluding carboxylic acids is 2. The zero-order valence-corrected chi connectivity index (χ0v) is 12.7. The van der Waals surface area contributed by atoms with Gasteiger partial charge in [-0.1, -0.05) is 24.3 Å². The summed E-state index contributed by atoms with van der Waals surface area (Å²) in [4.78, 5) is 23.5. The van der Waals surface area contributed by atoms with Crippen molar-refractivity contribution < 1.29 is 9.59 Å². The highest BCUT2D eigenvalue weighted by atomic mass is 16.2. The highest BCUT2D eigenvalue weighted by Crippen LogP contribution is 2.24. The van der Waals surface area contributed by atoms with E-state index >= 15 is 0 Å². The summed E-state index contributed by atoms with van der Waals surface area (Å²) in [5.41, 5.74) is 8.92. The number of hydrogen-bond acceptors (Lipinski definition) is 3. The fourth-order valence-corrected chi connectivity index (χ4v) is 2.66. The fraction of sp³-hybridized carbons (Fsp3) is 0.222. The summed E-state index contributed by atoms with van der Waals surface area (Å²) < 4.78 is 0. The van der Waals surface area contributed by atoms with Gasteiger partial charge >= 0.3 is 0 Å². The van der Waals surface area contributed by atoms with Crippen LogP contribution in [0.2, 0.25) is 0 Å². The van der Waals surface area contributed by atoms with E-state index < -0.39 is 0 Å². The van der Waals surface area contributed by atoms with E-state index in [0.29, 0.717) is 18.5 Å². The molecule has 1 heterocycles. The Morgan fingerprint density at radius 1 is 1.13 bits per heavy atom. The number of carbonyl (C=O) groups is 2. The number of amides is 2. The van der Waals surface area contributed by atoms with Gasteiger partial charge in [-0.3, -0.25) is 9.59 Å². The van der Waals surface area contributed by atoms with E-state index in [0.717, 1.165) is 23.2 Å². The molecule has 0 bridgehead atoms. The maximum Gasteiger partial charge on any atom is 0.255 e. The minimum Gasteiger partial charge on any atom is -0.349 e. The number of hydrogen-bond donors (Lipinski definition) is 3. The van der Waals surface area contributed by atoms with Crippen LogP contribution >= 0.6 is 0 Å². The summed E-state index contributed by atoms with van der Waals surface area (Å²) >= 11 is 0. The van der Waals surface area contributed by atoms with Gasteiger partial charge in [-0.2, -0.15) is 0 Å². The van der Waals surface area contributed by atoms with Gasteiger partial charge in [-0.15, -0.1) is 0 Å². The van der Waals surface area contributed by atoms with Crippen LogP contribution < -0.4 is 16.4 Å². The highest BCUT2D eigenvalue weighted by molar-refractivity contribution is 6.04. The lowest BCUT2D eigenvalue weighted by atomic mass is 10.0. The zero-order valence-electron chi connectivity index (χ0n) is 12.7. The lowest BCUT2D eigenvalue weighted by Crippen LogP contribution is -2.18. The SMILES string of the molecule is NCc1ccc(NC(=O)c2ccc(C3CCC(=O)N3)cc2)cc1. The molecule has 23 heavy (non-hydrogen) atoms. The molecule has 0 spiro atoms. The Morgan fingerprint density at radius 2 is 1.83 bits per heavy atom. The second-order valence-electron chi connectivity index (χ2n) is 5.64. The summed E-state index contributed by atoms with van der Waals surface area (Å²) in [6.07, 6.45) is 1.36. The average molecular weight is 309 g/mol. The molecule has 0 aromatic heterocycles. The van der Waals surface area contributed by atoms with Crippen molar-refractivity contribution in [2.75, 3.05) is 5.32 Å². The van der Waals surface area contributed by atoms with E-state index in [9.17, 15) is 9.59 Å². The van der Waals surface area contributed by atoms with Gasteiger partial charge < -0.3 is 16.4 Å². The van der Waals surface area contributed by atoms with Gasteiger partial charge in [0.1, 0.15) is 0 Å². The Balaban J connectivity index is 1.66. The molecule has 2 aromatic rings. The van der Waals surface area contributed by atoms with Crippen LogP contribution in [-0.4, -0.2) is 11.8 Å². The summed E-state index contributed by atoms with van der Waals surface area (Å²) in [7, 11) is 0. The normalized spacial score (nSPS) is 16.9. The van der Waals surface area contributed by atoms with E-state index in [2.05, 4.69) is 10.6 Å². The second-order valence-corrected chi connectivity index (χ2v) is 5.64. The van der Waals surface area contributed by atoms with Crippen LogP contribution in [0.5, 0.6) is 0 Å². The molecule has 118 valence electrons. The topological polar surface area (TPSA) is 84.2 Å². The maximum atomic E-state index is 12.2. The molecule has 1 unspecified atom stereocenters. The first-order valence-corrected chi connectivity index (χ1v) is 7.65. The standard InChI is InChI=1S/C18H19N3O2/c19-11-12-1-7-15(8-2-12)20-18(23)14-5-3-13(4-6-14)16-9-10-17(22)21-16/h1-8,16H,9-11,19H2,(H,20,23)(H,21,22). The third-order valence-corrected chi connectivity index (χ3v) is 4.02. The van der Waals surface area contributed by atoms with Gasteiger partial charge in [0.2, 0.25) is 5.91 Å². The molecule has 3 rings (SSSR count).